The zero-order valence-corrected chi connectivity index (χ0v) is 18.5. The van der Waals surface area contributed by atoms with E-state index in [4.69, 9.17) is 23.0 Å². The van der Waals surface area contributed by atoms with Crippen molar-refractivity contribution in [2.45, 2.75) is 44.6 Å². The van der Waals surface area contributed by atoms with Crippen LogP contribution >= 0.6 is 11.6 Å². The molecule has 3 aromatic rings. The van der Waals surface area contributed by atoms with E-state index < -0.39 is 5.97 Å². The summed E-state index contributed by atoms with van der Waals surface area (Å²) in [4.78, 5) is 29.8. The molecule has 0 aliphatic heterocycles. The molecule has 1 aromatic carbocycles. The standard InChI is InChI=1S/C25H22ClN3O3/c1-4-24-11-25(12-24,13-24)20-14(2)22(30)29-10-16(26)9-18(21(29)28-20)15(3)27-19-8-6-5-7-17(19)23(31)32/h1,5-10,15,27H,11-13H2,2-3H3,(H,31,32)/t15-,24?,25?/m1/s1. The average Bonchev–Trinajstić information content (AvgIpc) is 2.70. The lowest BCUT2D eigenvalue weighted by atomic mass is 9.34. The van der Waals surface area contributed by atoms with Crippen LogP contribution in [-0.2, 0) is 5.41 Å². The second kappa shape index (κ2) is 6.85. The minimum atomic E-state index is -1.02. The van der Waals surface area contributed by atoms with Gasteiger partial charge in [-0.05, 0) is 51.3 Å². The molecule has 6 rings (SSSR count). The number of anilines is 1. The van der Waals surface area contributed by atoms with Crippen molar-refractivity contribution >= 4 is 28.9 Å². The molecule has 162 valence electrons. The molecule has 3 saturated carbocycles. The highest BCUT2D eigenvalue weighted by atomic mass is 35.5. The average molecular weight is 448 g/mol. The summed E-state index contributed by atoms with van der Waals surface area (Å²) in [6.45, 7) is 3.70. The summed E-state index contributed by atoms with van der Waals surface area (Å²) in [6.07, 6.45) is 9.86. The highest BCUT2D eigenvalue weighted by molar-refractivity contribution is 6.30. The monoisotopic (exact) mass is 447 g/mol. The fraction of sp³-hybridized carbons (Fsp3) is 0.320. The Hall–Kier alpha value is -3.30. The number of halogens is 1. The topological polar surface area (TPSA) is 83.7 Å². The number of rotatable bonds is 5. The van der Waals surface area contributed by atoms with Crippen LogP contribution in [0.1, 0.15) is 59.4 Å². The molecule has 2 bridgehead atoms. The lowest BCUT2D eigenvalue weighted by molar-refractivity contribution is -0.0943. The molecule has 2 N–H and O–H groups in total. The smallest absolute Gasteiger partial charge is 0.337 e. The molecular formula is C25H22ClN3O3. The van der Waals surface area contributed by atoms with Crippen molar-refractivity contribution in [2.24, 2.45) is 5.41 Å². The highest BCUT2D eigenvalue weighted by Gasteiger charge is 2.69. The number of pyridine rings is 1. The molecule has 3 aliphatic rings. The highest BCUT2D eigenvalue weighted by Crippen LogP contribution is 2.73. The minimum absolute atomic E-state index is 0.0303. The van der Waals surface area contributed by atoms with Crippen LogP contribution in [0.4, 0.5) is 5.69 Å². The fourth-order valence-corrected chi connectivity index (χ4v) is 5.67. The van der Waals surface area contributed by atoms with E-state index in [1.165, 1.54) is 4.40 Å². The zero-order valence-electron chi connectivity index (χ0n) is 17.8. The number of aromatic nitrogens is 2. The molecule has 3 aliphatic carbocycles. The van der Waals surface area contributed by atoms with Gasteiger partial charge in [0.25, 0.3) is 5.56 Å². The Morgan fingerprint density at radius 3 is 2.69 bits per heavy atom. The fourth-order valence-electron chi connectivity index (χ4n) is 5.45. The number of carboxylic acids is 1. The van der Waals surface area contributed by atoms with Gasteiger partial charge in [-0.3, -0.25) is 9.20 Å². The number of carbonyl (C=O) groups is 1. The van der Waals surface area contributed by atoms with Crippen molar-refractivity contribution in [3.63, 3.8) is 0 Å². The third-order valence-electron chi connectivity index (χ3n) is 6.98. The number of benzene rings is 1. The molecule has 2 aromatic heterocycles. The van der Waals surface area contributed by atoms with Gasteiger partial charge in [0.15, 0.2) is 0 Å². The zero-order chi connectivity index (χ0) is 22.8. The van der Waals surface area contributed by atoms with Gasteiger partial charge in [-0.15, -0.1) is 6.42 Å². The van der Waals surface area contributed by atoms with E-state index in [9.17, 15) is 14.7 Å². The van der Waals surface area contributed by atoms with Crippen molar-refractivity contribution < 1.29 is 9.90 Å². The SMILES string of the molecule is C#CC12CC(c3nc4c([C@@H](C)Nc5ccccc5C(=O)O)cc(Cl)cn4c(=O)c3C)(C1)C2. The van der Waals surface area contributed by atoms with Gasteiger partial charge < -0.3 is 10.4 Å². The normalized spacial score (nSPS) is 24.2. The van der Waals surface area contributed by atoms with Crippen LogP contribution in [-0.4, -0.2) is 20.5 Å². The van der Waals surface area contributed by atoms with Crippen LogP contribution in [0.3, 0.4) is 0 Å². The summed E-state index contributed by atoms with van der Waals surface area (Å²) >= 11 is 6.36. The quantitative estimate of drug-likeness (QED) is 0.559. The molecular weight excluding hydrogens is 426 g/mol. The summed E-state index contributed by atoms with van der Waals surface area (Å²) in [7, 11) is 0. The third kappa shape index (κ3) is 2.85. The van der Waals surface area contributed by atoms with Crippen molar-refractivity contribution in [2.75, 3.05) is 5.32 Å². The maximum Gasteiger partial charge on any atom is 0.337 e. The first kappa shape index (κ1) is 20.6. The number of carboxylic acid groups (broad SMARTS) is 1. The van der Waals surface area contributed by atoms with Gasteiger partial charge in [0.1, 0.15) is 5.65 Å². The number of aromatic carboxylic acids is 1. The molecule has 0 spiro atoms. The Morgan fingerprint density at radius 2 is 2.03 bits per heavy atom. The summed E-state index contributed by atoms with van der Waals surface area (Å²) in [5.41, 5.74) is 3.04. The van der Waals surface area contributed by atoms with E-state index in [1.807, 2.05) is 13.8 Å². The Morgan fingerprint density at radius 1 is 1.34 bits per heavy atom. The molecule has 32 heavy (non-hydrogen) atoms. The van der Waals surface area contributed by atoms with Crippen LogP contribution in [0, 0.1) is 24.7 Å². The number of hydrogen-bond acceptors (Lipinski definition) is 4. The van der Waals surface area contributed by atoms with Crippen molar-refractivity contribution in [1.29, 1.82) is 0 Å². The van der Waals surface area contributed by atoms with Crippen LogP contribution in [0.25, 0.3) is 5.65 Å². The number of para-hydroxylation sites is 1. The third-order valence-corrected chi connectivity index (χ3v) is 7.19. The first-order chi connectivity index (χ1) is 15.2. The molecule has 0 unspecified atom stereocenters. The van der Waals surface area contributed by atoms with Gasteiger partial charge in [-0.1, -0.05) is 29.7 Å². The molecule has 3 fully saturated rings. The molecule has 0 radical (unpaired) electrons. The lowest BCUT2D eigenvalue weighted by Gasteiger charge is -2.68. The molecule has 7 heteroatoms. The van der Waals surface area contributed by atoms with E-state index >= 15 is 0 Å². The first-order valence-corrected chi connectivity index (χ1v) is 10.9. The van der Waals surface area contributed by atoms with Crippen LogP contribution < -0.4 is 10.9 Å². The number of nitrogens with one attached hydrogen (secondary N) is 1. The maximum atomic E-state index is 13.3. The van der Waals surface area contributed by atoms with Gasteiger partial charge in [0.05, 0.1) is 22.3 Å². The van der Waals surface area contributed by atoms with Crippen LogP contribution in [0.5, 0.6) is 0 Å². The van der Waals surface area contributed by atoms with Crippen LogP contribution in [0.2, 0.25) is 5.02 Å². The Labute approximate surface area is 190 Å². The van der Waals surface area contributed by atoms with Gasteiger partial charge in [0.2, 0.25) is 0 Å². The predicted octanol–water partition coefficient (Wildman–Crippen LogP) is 4.58. The Bertz CT molecular complexity index is 1380. The predicted molar refractivity (Wildman–Crippen MR) is 123 cm³/mol. The number of terminal acetylenes is 1. The van der Waals surface area contributed by atoms with E-state index in [2.05, 4.69) is 11.2 Å². The summed E-state index contributed by atoms with van der Waals surface area (Å²) in [5, 5.41) is 13.2. The summed E-state index contributed by atoms with van der Waals surface area (Å²) in [5.74, 6) is 1.88. The van der Waals surface area contributed by atoms with Gasteiger partial charge in [0, 0.05) is 33.8 Å². The minimum Gasteiger partial charge on any atom is -0.478 e. The largest absolute Gasteiger partial charge is 0.478 e. The van der Waals surface area contributed by atoms with Gasteiger partial charge in [-0.2, -0.15) is 0 Å². The molecule has 0 saturated heterocycles. The molecule has 6 nitrogen and oxygen atoms in total. The summed E-state index contributed by atoms with van der Waals surface area (Å²) < 4.78 is 1.49. The van der Waals surface area contributed by atoms with Gasteiger partial charge >= 0.3 is 5.97 Å². The Kier molecular flexibility index (Phi) is 4.41. The second-order valence-corrected chi connectivity index (χ2v) is 9.59. The van der Waals surface area contributed by atoms with E-state index in [1.54, 1.807) is 36.5 Å². The number of fused-ring (bicyclic) bond motifs is 1. The van der Waals surface area contributed by atoms with Crippen molar-refractivity contribution in [1.82, 2.24) is 9.38 Å². The van der Waals surface area contributed by atoms with Crippen molar-refractivity contribution in [3.05, 3.63) is 74.3 Å². The summed E-state index contributed by atoms with van der Waals surface area (Å²) in [6, 6.07) is 8.12. The molecule has 1 atom stereocenters. The lowest BCUT2D eigenvalue weighted by Crippen LogP contribution is -2.64. The molecule has 0 amide bonds. The second-order valence-electron chi connectivity index (χ2n) is 9.15. The van der Waals surface area contributed by atoms with Crippen molar-refractivity contribution in [3.8, 4) is 12.3 Å². The van der Waals surface area contributed by atoms with E-state index in [-0.39, 0.29) is 28.0 Å². The van der Waals surface area contributed by atoms with E-state index in [0.29, 0.717) is 27.5 Å². The number of hydrogen-bond donors (Lipinski definition) is 2. The first-order valence-electron chi connectivity index (χ1n) is 10.5. The van der Waals surface area contributed by atoms with Crippen LogP contribution in [0.15, 0.2) is 41.3 Å². The van der Waals surface area contributed by atoms with Gasteiger partial charge in [-0.25, -0.2) is 9.78 Å². The maximum absolute atomic E-state index is 13.3. The van der Waals surface area contributed by atoms with E-state index in [0.717, 1.165) is 25.0 Å². The molecule has 2 heterocycles. The number of nitrogens with zero attached hydrogens (tertiary/aromatic N) is 2. The Balaban J connectivity index is 1.62.